The van der Waals surface area contributed by atoms with Crippen molar-refractivity contribution in [2.24, 2.45) is 0 Å². The van der Waals surface area contributed by atoms with Crippen LogP contribution in [0.2, 0.25) is 0 Å². The van der Waals surface area contributed by atoms with Crippen molar-refractivity contribution < 1.29 is 19.8 Å². The molecule has 22 heavy (non-hydrogen) atoms. The predicted molar refractivity (Wildman–Crippen MR) is 85.0 cm³/mol. The van der Waals surface area contributed by atoms with Crippen molar-refractivity contribution in [3.8, 4) is 0 Å². The van der Waals surface area contributed by atoms with Crippen LogP contribution in [0.3, 0.4) is 0 Å². The number of nitrogens with zero attached hydrogens (tertiary/aromatic N) is 1. The topological polar surface area (TPSA) is 77.8 Å². The fourth-order valence-electron chi connectivity index (χ4n) is 2.53. The van der Waals surface area contributed by atoms with Gasteiger partial charge in [-0.25, -0.2) is 4.79 Å². The molecule has 2 N–H and O–H groups in total. The van der Waals surface area contributed by atoms with Crippen molar-refractivity contribution in [2.75, 3.05) is 18.8 Å². The monoisotopic (exact) mass is 323 g/mol. The molecule has 0 bridgehead atoms. The lowest BCUT2D eigenvalue weighted by atomic mass is 9.92. The van der Waals surface area contributed by atoms with Crippen molar-refractivity contribution in [2.45, 2.75) is 37.2 Å². The zero-order valence-corrected chi connectivity index (χ0v) is 13.7. The minimum atomic E-state index is -1.68. The Morgan fingerprint density at radius 2 is 1.91 bits per heavy atom. The van der Waals surface area contributed by atoms with Gasteiger partial charge in [0.1, 0.15) is 0 Å². The molecule has 1 saturated heterocycles. The summed E-state index contributed by atoms with van der Waals surface area (Å²) in [5, 5.41) is 18.8. The van der Waals surface area contributed by atoms with E-state index in [1.54, 1.807) is 4.90 Å². The first kappa shape index (κ1) is 16.8. The summed E-state index contributed by atoms with van der Waals surface area (Å²) >= 11 is 1.49. The number of hydrogen-bond acceptors (Lipinski definition) is 4. The fourth-order valence-corrected chi connectivity index (χ4v) is 3.44. The molecule has 0 unspecified atom stereocenters. The van der Waals surface area contributed by atoms with Crippen LogP contribution in [-0.2, 0) is 9.59 Å². The summed E-state index contributed by atoms with van der Waals surface area (Å²) in [5.41, 5.74) is 0.658. The molecular weight excluding hydrogens is 302 g/mol. The van der Waals surface area contributed by atoms with Crippen LogP contribution in [0.15, 0.2) is 23.1 Å². The molecule has 1 fully saturated rings. The van der Waals surface area contributed by atoms with Crippen molar-refractivity contribution in [3.05, 3.63) is 29.3 Å². The van der Waals surface area contributed by atoms with Gasteiger partial charge in [0, 0.05) is 30.8 Å². The maximum Gasteiger partial charge on any atom is 0.335 e. The minimum absolute atomic E-state index is 0.0163. The number of benzene rings is 1. The van der Waals surface area contributed by atoms with Gasteiger partial charge < -0.3 is 15.1 Å². The standard InChI is InChI=1S/C16H21NO4S/c1-11-3-4-13(12(2)9-11)22-10-14(18)17-7-5-16(21,6-8-17)15(19)20/h3-4,9,21H,5-8,10H2,1-2H3,(H,19,20). The highest BCUT2D eigenvalue weighted by atomic mass is 32.2. The largest absolute Gasteiger partial charge is 0.479 e. The number of likely N-dealkylation sites (tertiary alicyclic amines) is 1. The normalized spacial score (nSPS) is 17.3. The summed E-state index contributed by atoms with van der Waals surface area (Å²) in [6, 6.07) is 6.12. The smallest absolute Gasteiger partial charge is 0.335 e. The van der Waals surface area contributed by atoms with Gasteiger partial charge in [-0.05, 0) is 25.5 Å². The molecular formula is C16H21NO4S. The molecule has 0 aliphatic carbocycles. The summed E-state index contributed by atoms with van der Waals surface area (Å²) < 4.78 is 0. The maximum atomic E-state index is 12.2. The summed E-state index contributed by atoms with van der Waals surface area (Å²) in [4.78, 5) is 25.9. The number of carboxylic acids is 1. The van der Waals surface area contributed by atoms with Crippen molar-refractivity contribution in [1.29, 1.82) is 0 Å². The van der Waals surface area contributed by atoms with E-state index >= 15 is 0 Å². The number of carboxylic acid groups (broad SMARTS) is 1. The first-order chi connectivity index (χ1) is 10.3. The number of hydrogen-bond donors (Lipinski definition) is 2. The van der Waals surface area contributed by atoms with Crippen LogP contribution in [0.5, 0.6) is 0 Å². The van der Waals surface area contributed by atoms with Crippen LogP contribution < -0.4 is 0 Å². The Bertz CT molecular complexity index is 580. The molecule has 1 aliphatic rings. The molecule has 2 rings (SSSR count). The number of rotatable bonds is 4. The number of piperidine rings is 1. The Kier molecular flexibility index (Phi) is 5.13. The van der Waals surface area contributed by atoms with E-state index in [1.165, 1.54) is 17.3 Å². The molecule has 1 aliphatic heterocycles. The second-order valence-corrected chi connectivity index (χ2v) is 6.79. The van der Waals surface area contributed by atoms with Gasteiger partial charge in [-0.15, -0.1) is 11.8 Å². The fraction of sp³-hybridized carbons (Fsp3) is 0.500. The van der Waals surface area contributed by atoms with E-state index in [-0.39, 0.29) is 31.8 Å². The lowest BCUT2D eigenvalue weighted by Crippen LogP contribution is -2.51. The van der Waals surface area contributed by atoms with Crippen molar-refractivity contribution >= 4 is 23.6 Å². The van der Waals surface area contributed by atoms with Gasteiger partial charge in [-0.1, -0.05) is 17.7 Å². The third kappa shape index (κ3) is 3.81. The first-order valence-corrected chi connectivity index (χ1v) is 8.24. The van der Waals surface area contributed by atoms with E-state index in [2.05, 4.69) is 6.07 Å². The van der Waals surface area contributed by atoms with Gasteiger partial charge in [0.05, 0.1) is 5.75 Å². The Hall–Kier alpha value is -1.53. The summed E-state index contributed by atoms with van der Waals surface area (Å²) in [5.74, 6) is -0.892. The number of carbonyl (C=O) groups is 2. The third-order valence-electron chi connectivity index (χ3n) is 4.02. The van der Waals surface area contributed by atoms with Gasteiger partial charge >= 0.3 is 5.97 Å². The lowest BCUT2D eigenvalue weighted by molar-refractivity contribution is -0.165. The Labute approximate surface area is 134 Å². The molecule has 1 aromatic carbocycles. The molecule has 0 radical (unpaired) electrons. The van der Waals surface area contributed by atoms with Crippen molar-refractivity contribution in [1.82, 2.24) is 4.90 Å². The highest BCUT2D eigenvalue weighted by molar-refractivity contribution is 8.00. The second kappa shape index (κ2) is 6.71. The van der Waals surface area contributed by atoms with Gasteiger partial charge in [0.25, 0.3) is 0 Å². The minimum Gasteiger partial charge on any atom is -0.479 e. The van der Waals surface area contributed by atoms with E-state index in [0.717, 1.165) is 10.5 Å². The van der Waals surface area contributed by atoms with Crippen LogP contribution in [0.4, 0.5) is 0 Å². The molecule has 5 nitrogen and oxygen atoms in total. The van der Waals surface area contributed by atoms with Gasteiger partial charge in [0.15, 0.2) is 5.60 Å². The Morgan fingerprint density at radius 3 is 2.45 bits per heavy atom. The number of carbonyl (C=O) groups excluding carboxylic acids is 1. The Balaban J connectivity index is 1.87. The molecule has 1 aromatic rings. The third-order valence-corrected chi connectivity index (χ3v) is 5.18. The molecule has 0 spiro atoms. The van der Waals surface area contributed by atoms with Crippen LogP contribution in [0.25, 0.3) is 0 Å². The molecule has 6 heteroatoms. The summed E-state index contributed by atoms with van der Waals surface area (Å²) in [7, 11) is 0. The number of aryl methyl sites for hydroxylation is 2. The van der Waals surface area contributed by atoms with Crippen LogP contribution >= 0.6 is 11.8 Å². The van der Waals surface area contributed by atoms with E-state index in [4.69, 9.17) is 5.11 Å². The number of thioether (sulfide) groups is 1. The molecule has 120 valence electrons. The van der Waals surface area contributed by atoms with E-state index in [0.29, 0.717) is 5.75 Å². The van der Waals surface area contributed by atoms with Crippen molar-refractivity contribution in [3.63, 3.8) is 0 Å². The van der Waals surface area contributed by atoms with E-state index in [1.807, 2.05) is 26.0 Å². The van der Waals surface area contributed by atoms with Crippen LogP contribution in [0, 0.1) is 13.8 Å². The molecule has 1 amide bonds. The summed E-state index contributed by atoms with van der Waals surface area (Å²) in [6.45, 7) is 4.63. The zero-order valence-electron chi connectivity index (χ0n) is 12.8. The van der Waals surface area contributed by atoms with Gasteiger partial charge in [-0.3, -0.25) is 4.79 Å². The maximum absolute atomic E-state index is 12.2. The quantitative estimate of drug-likeness (QED) is 0.827. The zero-order chi connectivity index (χ0) is 16.3. The van der Waals surface area contributed by atoms with Gasteiger partial charge in [-0.2, -0.15) is 0 Å². The summed E-state index contributed by atoms with van der Waals surface area (Å²) in [6.07, 6.45) is 0.171. The average molecular weight is 323 g/mol. The molecule has 0 saturated carbocycles. The highest BCUT2D eigenvalue weighted by Gasteiger charge is 2.40. The number of amides is 1. The number of aliphatic carboxylic acids is 1. The van der Waals surface area contributed by atoms with Crippen LogP contribution in [0.1, 0.15) is 24.0 Å². The van der Waals surface area contributed by atoms with E-state index < -0.39 is 11.6 Å². The average Bonchev–Trinajstić information content (AvgIpc) is 2.46. The molecule has 0 atom stereocenters. The second-order valence-electron chi connectivity index (χ2n) is 5.78. The lowest BCUT2D eigenvalue weighted by Gasteiger charge is -2.35. The Morgan fingerprint density at radius 1 is 1.27 bits per heavy atom. The molecule has 1 heterocycles. The SMILES string of the molecule is Cc1ccc(SCC(=O)N2CCC(O)(C(=O)O)CC2)c(C)c1. The predicted octanol–water partition coefficient (Wildman–Crippen LogP) is 1.83. The number of aliphatic hydroxyl groups is 1. The van der Waals surface area contributed by atoms with E-state index in [9.17, 15) is 14.7 Å². The van der Waals surface area contributed by atoms with Crippen LogP contribution in [-0.4, -0.2) is 51.4 Å². The highest BCUT2D eigenvalue weighted by Crippen LogP contribution is 2.26. The molecule has 0 aromatic heterocycles. The first-order valence-electron chi connectivity index (χ1n) is 7.25. The van der Waals surface area contributed by atoms with Gasteiger partial charge in [0.2, 0.25) is 5.91 Å².